The number of hydrogen-bond acceptors (Lipinski definition) is 13. The van der Waals surface area contributed by atoms with Gasteiger partial charge in [0, 0.05) is 58.0 Å². The molecule has 0 N–H and O–H groups in total. The highest BCUT2D eigenvalue weighted by Gasteiger charge is 2.42. The van der Waals surface area contributed by atoms with Crippen LogP contribution in [0.2, 0.25) is 0 Å². The first-order valence-electron chi connectivity index (χ1n) is 25.9. The summed E-state index contributed by atoms with van der Waals surface area (Å²) in [6.45, 7) is 16.8. The summed E-state index contributed by atoms with van der Waals surface area (Å²) < 4.78 is 87.0. The van der Waals surface area contributed by atoms with Crippen molar-refractivity contribution in [2.45, 2.75) is 155 Å². The molecule has 0 spiro atoms. The number of benzene rings is 2. The normalized spacial score (nSPS) is 20.2. The molecule has 0 amide bonds. The monoisotopic (exact) mass is 1090 g/mol. The van der Waals surface area contributed by atoms with Crippen LogP contribution < -0.4 is 0 Å². The Morgan fingerprint density at radius 1 is 0.579 bits per heavy atom. The van der Waals surface area contributed by atoms with E-state index in [9.17, 15) is 26.3 Å². The third-order valence-electron chi connectivity index (χ3n) is 15.6. The molecule has 8 heterocycles. The van der Waals surface area contributed by atoms with Crippen LogP contribution in [0, 0.1) is 55.4 Å². The average Bonchev–Trinajstić information content (AvgIpc) is 4.24. The third-order valence-corrected chi connectivity index (χ3v) is 17.6. The molecule has 76 heavy (non-hydrogen) atoms. The fourth-order valence-electron chi connectivity index (χ4n) is 11.9. The second kappa shape index (κ2) is 21.2. The number of oxime groups is 2. The summed E-state index contributed by atoms with van der Waals surface area (Å²) in [6, 6.07) is 8.56. The molecule has 2 fully saturated rings. The van der Waals surface area contributed by atoms with Crippen LogP contribution in [0.1, 0.15) is 151 Å². The zero-order chi connectivity index (χ0) is 54.0. The van der Waals surface area contributed by atoms with Crippen molar-refractivity contribution in [2.75, 3.05) is 26.2 Å². The van der Waals surface area contributed by atoms with E-state index >= 15 is 4.79 Å². The van der Waals surface area contributed by atoms with Gasteiger partial charge in [-0.1, -0.05) is 45.7 Å². The average molecular weight is 1090 g/mol. The van der Waals surface area contributed by atoms with Crippen molar-refractivity contribution in [3.8, 4) is 0 Å². The highest BCUT2D eigenvalue weighted by Crippen LogP contribution is 2.40. The van der Waals surface area contributed by atoms with Gasteiger partial charge in [-0.15, -0.1) is 22.7 Å². The van der Waals surface area contributed by atoms with E-state index in [1.807, 2.05) is 20.6 Å². The standard InChI is InChI=1S/C55H62F6N10O3S2/c1-29-17-31(3)49(32(4)18-29)45-23-39(66-73-45)41-27-75-52(62-41)37-9-13-68(14-10-37)43(25-70-35(7)21-47(64-70)54(56,57)58)51(72)44(26-71-36(8)22-48(65-71)55(59,60)61)69-15-11-38(12-16-69)53-63-42(28-76-53)40-24-46(74-67-40)50-33(5)19-30(2)20-34(50)6/h17-22,27-28,37-38,43-46H,9-16,23-26H2,1-8H3. The van der Waals surface area contributed by atoms with Crippen LogP contribution in [-0.4, -0.2) is 94.8 Å². The third kappa shape index (κ3) is 11.2. The van der Waals surface area contributed by atoms with Gasteiger partial charge in [0.05, 0.1) is 46.6 Å². The Bertz CT molecular complexity index is 2940. The van der Waals surface area contributed by atoms with Crippen LogP contribution in [-0.2, 0) is 39.9 Å². The molecule has 4 atom stereocenters. The molecule has 0 saturated carbocycles. The number of alkyl halides is 6. The van der Waals surface area contributed by atoms with Crippen LogP contribution in [0.3, 0.4) is 0 Å². The van der Waals surface area contributed by atoms with Crippen LogP contribution in [0.15, 0.2) is 57.5 Å². The van der Waals surface area contributed by atoms with Gasteiger partial charge in [-0.2, -0.15) is 36.5 Å². The van der Waals surface area contributed by atoms with E-state index in [1.165, 1.54) is 34.3 Å². The quantitative estimate of drug-likeness (QED) is 0.0979. The number of ketones is 1. The van der Waals surface area contributed by atoms with Gasteiger partial charge in [0.25, 0.3) is 0 Å². The van der Waals surface area contributed by atoms with Crippen LogP contribution >= 0.6 is 22.7 Å². The second-order valence-electron chi connectivity index (χ2n) is 21.2. The maximum absolute atomic E-state index is 15.6. The van der Waals surface area contributed by atoms with E-state index in [4.69, 9.17) is 19.6 Å². The van der Waals surface area contributed by atoms with Crippen molar-refractivity contribution in [3.05, 3.63) is 136 Å². The Morgan fingerprint density at radius 2 is 0.934 bits per heavy atom. The molecule has 10 rings (SSSR count). The molecular weight excluding hydrogens is 1030 g/mol. The Hall–Kier alpha value is -5.77. The maximum atomic E-state index is 15.6. The van der Waals surface area contributed by atoms with Gasteiger partial charge in [0.2, 0.25) is 0 Å². The summed E-state index contributed by atoms with van der Waals surface area (Å²) in [5.74, 6) is -0.240. The molecular formula is C55H62F6N10O3S2. The number of aromatic nitrogens is 6. The highest BCUT2D eigenvalue weighted by molar-refractivity contribution is 7.10. The number of hydrogen-bond donors (Lipinski definition) is 0. The number of carbonyl (C=O) groups is 1. The number of rotatable bonds is 14. The van der Waals surface area contributed by atoms with E-state index in [1.54, 1.807) is 22.7 Å². The number of likely N-dealkylation sites (tertiary alicyclic amines) is 2. The van der Waals surface area contributed by atoms with Gasteiger partial charge in [0.1, 0.15) is 11.4 Å². The lowest BCUT2D eigenvalue weighted by atomic mass is 9.91. The first kappa shape index (κ1) is 53.6. The summed E-state index contributed by atoms with van der Waals surface area (Å²) in [6.07, 6.45) is -6.24. The zero-order valence-corrected chi connectivity index (χ0v) is 45.5. The molecule has 4 aliphatic heterocycles. The number of halogens is 6. The van der Waals surface area contributed by atoms with E-state index in [2.05, 4.69) is 86.3 Å². The summed E-state index contributed by atoms with van der Waals surface area (Å²) in [5, 5.41) is 22.7. The minimum atomic E-state index is -4.71. The Labute approximate surface area is 446 Å². The first-order valence-corrected chi connectivity index (χ1v) is 27.6. The summed E-state index contributed by atoms with van der Waals surface area (Å²) in [7, 11) is 0. The number of nitrogens with zero attached hydrogens (tertiary/aromatic N) is 10. The molecule has 0 bridgehead atoms. The first-order chi connectivity index (χ1) is 36.1. The summed E-state index contributed by atoms with van der Waals surface area (Å²) in [5.41, 5.74) is 10.6. The van der Waals surface area contributed by atoms with Crippen molar-refractivity contribution < 1.29 is 40.8 Å². The van der Waals surface area contributed by atoms with Gasteiger partial charge < -0.3 is 9.68 Å². The number of aryl methyl sites for hydroxylation is 8. The molecule has 4 aliphatic rings. The smallest absolute Gasteiger partial charge is 0.387 e. The Kier molecular flexibility index (Phi) is 15.0. The van der Waals surface area contributed by atoms with Crippen molar-refractivity contribution in [1.29, 1.82) is 0 Å². The van der Waals surface area contributed by atoms with Gasteiger partial charge in [0.15, 0.2) is 29.4 Å². The molecule has 4 aromatic heterocycles. The lowest BCUT2D eigenvalue weighted by Crippen LogP contribution is -2.57. The molecule has 4 unspecified atom stereocenters. The minimum absolute atomic E-state index is 0.0410. The molecule has 0 radical (unpaired) electrons. The Morgan fingerprint density at radius 3 is 1.26 bits per heavy atom. The lowest BCUT2D eigenvalue weighted by molar-refractivity contribution is -0.142. The molecule has 404 valence electrons. The predicted octanol–water partition coefficient (Wildman–Crippen LogP) is 12.0. The second-order valence-corrected chi connectivity index (χ2v) is 23.0. The van der Waals surface area contributed by atoms with Crippen LogP contribution in [0.25, 0.3) is 0 Å². The fraction of sp³-hybridized carbons (Fsp3) is 0.509. The van der Waals surface area contributed by atoms with Crippen molar-refractivity contribution in [2.24, 2.45) is 10.3 Å². The van der Waals surface area contributed by atoms with Gasteiger partial charge in [-0.3, -0.25) is 24.0 Å². The minimum Gasteiger partial charge on any atom is -0.387 e. The molecule has 0 aliphatic carbocycles. The number of thiazole rings is 2. The zero-order valence-electron chi connectivity index (χ0n) is 43.8. The Balaban J connectivity index is 0.872. The number of carbonyl (C=O) groups excluding carboxylic acids is 1. The molecule has 21 heteroatoms. The fourth-order valence-corrected chi connectivity index (χ4v) is 13.9. The van der Waals surface area contributed by atoms with Crippen molar-refractivity contribution >= 4 is 39.9 Å². The highest BCUT2D eigenvalue weighted by atomic mass is 32.1. The van der Waals surface area contributed by atoms with E-state index < -0.39 is 35.8 Å². The SMILES string of the molecule is Cc1cc(C)c(C2CC(c3csc(C4CCN(C(Cn5nc(C(F)(F)F)cc5C)C(=O)C(Cn5nc(C(F)(F)F)cc5C)N5CCC(c6nc(C7=NOC(c8c(C)cc(C)cc8C)C7)cs6)CC5)CC4)n3)=NO2)c(C)c1. The van der Waals surface area contributed by atoms with E-state index in [0.717, 1.165) is 78.3 Å². The number of piperidine rings is 2. The largest absolute Gasteiger partial charge is 0.435 e. The molecule has 6 aromatic rings. The van der Waals surface area contributed by atoms with Crippen LogP contribution in [0.4, 0.5) is 26.3 Å². The lowest BCUT2D eigenvalue weighted by Gasteiger charge is -2.41. The topological polar surface area (TPSA) is 128 Å². The maximum Gasteiger partial charge on any atom is 0.435 e. The summed E-state index contributed by atoms with van der Waals surface area (Å²) in [4.78, 5) is 41.6. The van der Waals surface area contributed by atoms with Gasteiger partial charge in [-0.25, -0.2) is 9.97 Å². The molecule has 13 nitrogen and oxygen atoms in total. The van der Waals surface area contributed by atoms with Crippen molar-refractivity contribution in [1.82, 2.24) is 39.3 Å². The van der Waals surface area contributed by atoms with Gasteiger partial charge in [-0.05, 0) is 142 Å². The number of Topliss-reactive ketones (excluding diaryl/α,β-unsaturated/α-hetero) is 1. The predicted molar refractivity (Wildman–Crippen MR) is 279 cm³/mol. The van der Waals surface area contributed by atoms with E-state index in [-0.39, 0.29) is 54.3 Å². The van der Waals surface area contributed by atoms with E-state index in [0.29, 0.717) is 64.7 Å². The molecule has 2 aromatic carbocycles. The van der Waals surface area contributed by atoms with Gasteiger partial charge >= 0.3 is 12.4 Å². The molecule has 2 saturated heterocycles. The summed E-state index contributed by atoms with van der Waals surface area (Å²) >= 11 is 3.09. The van der Waals surface area contributed by atoms with Crippen molar-refractivity contribution in [3.63, 3.8) is 0 Å². The van der Waals surface area contributed by atoms with Crippen LogP contribution in [0.5, 0.6) is 0 Å².